The van der Waals surface area contributed by atoms with E-state index in [0.717, 1.165) is 6.92 Å². The fourth-order valence-corrected chi connectivity index (χ4v) is 0.669. The van der Waals surface area contributed by atoms with Crippen LogP contribution in [0.25, 0.3) is 0 Å². The highest BCUT2D eigenvalue weighted by Gasteiger charge is 2.07. The van der Waals surface area contributed by atoms with Gasteiger partial charge in [-0.25, -0.2) is 0 Å². The van der Waals surface area contributed by atoms with Gasteiger partial charge in [-0.3, -0.25) is 19.9 Å². The molecule has 0 aliphatic heterocycles. The Hall–Kier alpha value is -1.98. The molecule has 0 saturated carbocycles. The second-order valence-corrected chi connectivity index (χ2v) is 2.38. The van der Waals surface area contributed by atoms with E-state index in [4.69, 9.17) is 9.90 Å². The van der Waals surface area contributed by atoms with Gasteiger partial charge in [-0.2, -0.15) is 0 Å². The number of aliphatic carboxylic acids is 1. The van der Waals surface area contributed by atoms with Crippen molar-refractivity contribution in [3.8, 4) is 0 Å². The summed E-state index contributed by atoms with van der Waals surface area (Å²) < 4.78 is 0. The van der Waals surface area contributed by atoms with Crippen molar-refractivity contribution in [1.29, 1.82) is 0 Å². The summed E-state index contributed by atoms with van der Waals surface area (Å²) in [6.45, 7) is 2.69. The molecule has 76 valence electrons. The topological polar surface area (TPSA) is 93.3 Å². The van der Waals surface area contributed by atoms with Crippen LogP contribution in [0.3, 0.4) is 0 Å². The van der Waals surface area contributed by atoms with Crippen LogP contribution in [0.15, 0.2) is 18.3 Å². The Balaban J connectivity index is 0.000000364. The summed E-state index contributed by atoms with van der Waals surface area (Å²) in [5.41, 5.74) is 0.523. The van der Waals surface area contributed by atoms with Crippen LogP contribution in [-0.2, 0) is 4.79 Å². The first-order chi connectivity index (χ1) is 6.45. The molecule has 6 nitrogen and oxygen atoms in total. The SMILES string of the molecule is CC(=O)O.Cc1ncccc1[N+](=O)[O-]. The lowest BCUT2D eigenvalue weighted by Crippen LogP contribution is -1.92. The van der Waals surface area contributed by atoms with E-state index in [2.05, 4.69) is 4.98 Å². The van der Waals surface area contributed by atoms with E-state index in [1.807, 2.05) is 0 Å². The van der Waals surface area contributed by atoms with Crippen molar-refractivity contribution in [2.75, 3.05) is 0 Å². The fourth-order valence-electron chi connectivity index (χ4n) is 0.669. The Labute approximate surface area is 80.4 Å². The van der Waals surface area contributed by atoms with Crippen LogP contribution in [0.1, 0.15) is 12.6 Å². The summed E-state index contributed by atoms with van der Waals surface area (Å²) in [5.74, 6) is -0.833. The van der Waals surface area contributed by atoms with Crippen molar-refractivity contribution in [1.82, 2.24) is 4.98 Å². The molecule has 0 bridgehead atoms. The molecular formula is C8H10N2O4. The smallest absolute Gasteiger partial charge is 0.300 e. The van der Waals surface area contributed by atoms with Crippen LogP contribution in [0.4, 0.5) is 5.69 Å². The van der Waals surface area contributed by atoms with Crippen LogP contribution in [0.5, 0.6) is 0 Å². The second kappa shape index (κ2) is 5.63. The lowest BCUT2D eigenvalue weighted by molar-refractivity contribution is -0.385. The van der Waals surface area contributed by atoms with E-state index in [1.54, 1.807) is 13.0 Å². The molecule has 1 aromatic heterocycles. The molecule has 0 radical (unpaired) electrons. The van der Waals surface area contributed by atoms with Crippen molar-refractivity contribution in [2.24, 2.45) is 0 Å². The lowest BCUT2D eigenvalue weighted by Gasteiger charge is -1.91. The Kier molecular flexibility index (Phi) is 4.83. The molecule has 6 heteroatoms. The van der Waals surface area contributed by atoms with Gasteiger partial charge < -0.3 is 5.11 Å². The van der Waals surface area contributed by atoms with Crippen molar-refractivity contribution < 1.29 is 14.8 Å². The molecule has 0 saturated heterocycles. The highest BCUT2D eigenvalue weighted by molar-refractivity contribution is 5.62. The predicted octanol–water partition coefficient (Wildman–Crippen LogP) is 1.39. The summed E-state index contributed by atoms with van der Waals surface area (Å²) in [6, 6.07) is 2.98. The van der Waals surface area contributed by atoms with Gasteiger partial charge in [-0.1, -0.05) is 0 Å². The maximum absolute atomic E-state index is 10.2. The number of aromatic nitrogens is 1. The van der Waals surface area contributed by atoms with Gasteiger partial charge in [-0.05, 0) is 13.0 Å². The highest BCUT2D eigenvalue weighted by Crippen LogP contribution is 2.12. The number of carboxylic acid groups (broad SMARTS) is 1. The third-order valence-corrected chi connectivity index (χ3v) is 1.18. The molecule has 14 heavy (non-hydrogen) atoms. The van der Waals surface area contributed by atoms with Gasteiger partial charge in [-0.15, -0.1) is 0 Å². The van der Waals surface area contributed by atoms with Crippen molar-refractivity contribution >= 4 is 11.7 Å². The largest absolute Gasteiger partial charge is 0.481 e. The molecule has 0 amide bonds. The van der Waals surface area contributed by atoms with Gasteiger partial charge in [0.15, 0.2) is 0 Å². The Morgan fingerprint density at radius 2 is 2.14 bits per heavy atom. The highest BCUT2D eigenvalue weighted by atomic mass is 16.6. The summed E-state index contributed by atoms with van der Waals surface area (Å²) in [7, 11) is 0. The number of aryl methyl sites for hydroxylation is 1. The zero-order chi connectivity index (χ0) is 11.1. The number of nitro groups is 1. The molecule has 0 aliphatic carbocycles. The lowest BCUT2D eigenvalue weighted by atomic mass is 10.3. The third kappa shape index (κ3) is 4.81. The number of carboxylic acids is 1. The monoisotopic (exact) mass is 198 g/mol. The fraction of sp³-hybridized carbons (Fsp3) is 0.250. The van der Waals surface area contributed by atoms with E-state index >= 15 is 0 Å². The van der Waals surface area contributed by atoms with E-state index in [9.17, 15) is 10.1 Å². The Morgan fingerprint density at radius 3 is 2.43 bits per heavy atom. The number of carbonyl (C=O) groups is 1. The molecule has 0 atom stereocenters. The van der Waals surface area contributed by atoms with Gasteiger partial charge in [0.05, 0.1) is 4.92 Å². The molecule has 0 spiro atoms. The molecule has 1 heterocycles. The first-order valence-electron chi connectivity index (χ1n) is 3.70. The average Bonchev–Trinajstić information content (AvgIpc) is 2.03. The van der Waals surface area contributed by atoms with Gasteiger partial charge in [0.25, 0.3) is 11.7 Å². The molecule has 0 aliphatic rings. The van der Waals surface area contributed by atoms with E-state index in [1.165, 1.54) is 12.3 Å². The average molecular weight is 198 g/mol. The maximum atomic E-state index is 10.2. The predicted molar refractivity (Wildman–Crippen MR) is 48.9 cm³/mol. The second-order valence-electron chi connectivity index (χ2n) is 2.38. The number of pyridine rings is 1. The summed E-state index contributed by atoms with van der Waals surface area (Å²) in [6.07, 6.45) is 1.53. The quantitative estimate of drug-likeness (QED) is 0.543. The number of nitrogens with zero attached hydrogens (tertiary/aromatic N) is 2. The van der Waals surface area contributed by atoms with E-state index in [-0.39, 0.29) is 5.69 Å². The van der Waals surface area contributed by atoms with E-state index < -0.39 is 10.9 Å². The van der Waals surface area contributed by atoms with Crippen LogP contribution < -0.4 is 0 Å². The van der Waals surface area contributed by atoms with Crippen LogP contribution in [0, 0.1) is 17.0 Å². The van der Waals surface area contributed by atoms with Gasteiger partial charge in [0.2, 0.25) is 0 Å². The zero-order valence-corrected chi connectivity index (χ0v) is 7.80. The third-order valence-electron chi connectivity index (χ3n) is 1.18. The molecule has 1 N–H and O–H groups in total. The molecule has 0 fully saturated rings. The number of hydrogen-bond acceptors (Lipinski definition) is 4. The zero-order valence-electron chi connectivity index (χ0n) is 7.80. The van der Waals surface area contributed by atoms with Crippen molar-refractivity contribution in [3.05, 3.63) is 34.1 Å². The minimum Gasteiger partial charge on any atom is -0.481 e. The standard InChI is InChI=1S/C6H6N2O2.C2H4O2/c1-5-6(8(9)10)3-2-4-7-5;1-2(3)4/h2-4H,1H3;1H3,(H,3,4). The maximum Gasteiger partial charge on any atom is 0.300 e. The normalized spacial score (nSPS) is 8.43. The first-order valence-corrected chi connectivity index (χ1v) is 3.70. The van der Waals surface area contributed by atoms with Crippen LogP contribution >= 0.6 is 0 Å². The number of hydrogen-bond donors (Lipinski definition) is 1. The molecule has 1 aromatic rings. The molecule has 0 unspecified atom stereocenters. The minimum atomic E-state index is -0.833. The molecule has 0 aromatic carbocycles. The van der Waals surface area contributed by atoms with Gasteiger partial charge in [0.1, 0.15) is 5.69 Å². The summed E-state index contributed by atoms with van der Waals surface area (Å²) in [5, 5.41) is 17.6. The molecular weight excluding hydrogens is 188 g/mol. The van der Waals surface area contributed by atoms with Crippen molar-refractivity contribution in [2.45, 2.75) is 13.8 Å². The number of rotatable bonds is 1. The van der Waals surface area contributed by atoms with Crippen LogP contribution in [0.2, 0.25) is 0 Å². The summed E-state index contributed by atoms with van der Waals surface area (Å²) in [4.78, 5) is 22.5. The molecule has 1 rings (SSSR count). The van der Waals surface area contributed by atoms with Gasteiger partial charge >= 0.3 is 0 Å². The first kappa shape index (κ1) is 12.0. The summed E-state index contributed by atoms with van der Waals surface area (Å²) >= 11 is 0. The Morgan fingerprint density at radius 1 is 1.64 bits per heavy atom. The minimum absolute atomic E-state index is 0.0718. The van der Waals surface area contributed by atoms with Crippen molar-refractivity contribution in [3.63, 3.8) is 0 Å². The Bertz CT molecular complexity index is 334. The van der Waals surface area contributed by atoms with Crippen LogP contribution in [-0.4, -0.2) is 21.0 Å². The van der Waals surface area contributed by atoms with E-state index in [0.29, 0.717) is 5.69 Å². The van der Waals surface area contributed by atoms with Gasteiger partial charge in [0, 0.05) is 19.2 Å².